The highest BCUT2D eigenvalue weighted by Crippen LogP contribution is 2.43. The molecule has 378 valence electrons. The van der Waals surface area contributed by atoms with Gasteiger partial charge in [0.2, 0.25) is 0 Å². The first-order valence-electron chi connectivity index (χ1n) is 25.5. The second kappa shape index (κ2) is 48.1. The van der Waals surface area contributed by atoms with Crippen molar-refractivity contribution in [3.8, 4) is 0 Å². The number of carbonyl (C=O) groups is 3. The second-order valence-electron chi connectivity index (χ2n) is 16.6. The minimum absolute atomic E-state index is 0.0402. The summed E-state index contributed by atoms with van der Waals surface area (Å²) in [5, 5.41) is 9.75. The van der Waals surface area contributed by atoms with Gasteiger partial charge in [-0.05, 0) is 77.0 Å². The highest BCUT2D eigenvalue weighted by Gasteiger charge is 2.28. The summed E-state index contributed by atoms with van der Waals surface area (Å²) in [7, 11) is -4.76. The van der Waals surface area contributed by atoms with Crippen molar-refractivity contribution in [2.75, 3.05) is 26.4 Å². The molecule has 0 amide bonds. The van der Waals surface area contributed by atoms with Crippen LogP contribution in [0.25, 0.3) is 0 Å². The molecule has 11 nitrogen and oxygen atoms in total. The topological polar surface area (TPSA) is 155 Å². The van der Waals surface area contributed by atoms with Crippen LogP contribution in [0.5, 0.6) is 0 Å². The van der Waals surface area contributed by atoms with Gasteiger partial charge in [0.1, 0.15) is 12.7 Å². The lowest BCUT2D eigenvalue weighted by Crippen LogP contribution is -2.30. The van der Waals surface area contributed by atoms with E-state index < -0.39 is 57.8 Å². The lowest BCUT2D eigenvalue weighted by molar-refractivity contribution is -0.161. The third-order valence-electron chi connectivity index (χ3n) is 10.3. The van der Waals surface area contributed by atoms with Crippen molar-refractivity contribution in [2.24, 2.45) is 0 Å². The molecule has 3 atom stereocenters. The summed E-state index contributed by atoms with van der Waals surface area (Å²) in [5.41, 5.74) is 0. The van der Waals surface area contributed by atoms with Gasteiger partial charge >= 0.3 is 25.7 Å². The molecule has 0 aromatic carbocycles. The number of hydrogen-bond acceptors (Lipinski definition) is 10. The second-order valence-corrected chi connectivity index (χ2v) is 18.0. The number of hydrogen-bond donors (Lipinski definition) is 2. The summed E-state index contributed by atoms with van der Waals surface area (Å²) in [6.45, 7) is 4.28. The molecule has 0 bridgehead atoms. The first kappa shape index (κ1) is 62.7. The van der Waals surface area contributed by atoms with E-state index >= 15 is 0 Å². The quantitative estimate of drug-likeness (QED) is 0.0197. The van der Waals surface area contributed by atoms with Crippen LogP contribution in [-0.4, -0.2) is 66.5 Å². The zero-order valence-corrected chi connectivity index (χ0v) is 42.3. The Labute approximate surface area is 400 Å². The van der Waals surface area contributed by atoms with Gasteiger partial charge in [-0.15, -0.1) is 0 Å². The minimum atomic E-state index is -4.76. The van der Waals surface area contributed by atoms with Crippen LogP contribution >= 0.6 is 7.82 Å². The average Bonchev–Trinajstić information content (AvgIpc) is 3.30. The molecule has 0 aromatic heterocycles. The van der Waals surface area contributed by atoms with Crippen LogP contribution in [0.1, 0.15) is 201 Å². The molecule has 0 spiro atoms. The lowest BCUT2D eigenvalue weighted by atomic mass is 10.1. The van der Waals surface area contributed by atoms with Gasteiger partial charge in [-0.2, -0.15) is 0 Å². The van der Waals surface area contributed by atoms with E-state index in [1.54, 1.807) is 0 Å². The van der Waals surface area contributed by atoms with E-state index in [0.717, 1.165) is 96.3 Å². The summed E-state index contributed by atoms with van der Waals surface area (Å²) < 4.78 is 39.2. The monoisotopic (exact) mass is 947 g/mol. The molecule has 3 unspecified atom stereocenters. The Morgan fingerprint density at radius 2 is 0.818 bits per heavy atom. The number of rotatable bonds is 46. The van der Waals surface area contributed by atoms with Crippen LogP contribution < -0.4 is 0 Å². The lowest BCUT2D eigenvalue weighted by Gasteiger charge is -2.21. The first-order valence-corrected chi connectivity index (χ1v) is 27.0. The highest BCUT2D eigenvalue weighted by atomic mass is 31.2. The van der Waals surface area contributed by atoms with E-state index in [4.69, 9.17) is 23.3 Å². The van der Waals surface area contributed by atoms with E-state index in [1.807, 2.05) is 12.2 Å². The van der Waals surface area contributed by atoms with Crippen molar-refractivity contribution in [1.29, 1.82) is 0 Å². The standard InChI is InChI=1S/C54H91O11P/c1-4-7-10-13-16-19-22-24-25-27-29-31-34-37-40-43-52(56)61-47-51(65-54(58)45-42-39-36-33-30-26-23-20-17-14-11-8-5-2)49-63-66(59,60)62-48-50(46-55)64-53(57)44-41-38-35-32-28-21-18-15-12-9-6-3/h7-8,10-11,16-17,19-20,24-26,30,36,39,50-51,55H,4-6,9,12-15,18,21-23,27-29,31-35,37-38,40-49H2,1-3H3,(H,59,60)/b10-7-,11-8-,19-16-,20-17-,25-24-,30-26-,39-36-. The number of carbonyl (C=O) groups excluding carboxylic acids is 3. The Morgan fingerprint density at radius 1 is 0.439 bits per heavy atom. The molecule has 0 saturated carbocycles. The Morgan fingerprint density at radius 3 is 1.30 bits per heavy atom. The zero-order chi connectivity index (χ0) is 48.4. The van der Waals surface area contributed by atoms with Crippen molar-refractivity contribution in [3.63, 3.8) is 0 Å². The maximum Gasteiger partial charge on any atom is 0.472 e. The number of esters is 3. The van der Waals surface area contributed by atoms with E-state index in [2.05, 4.69) is 93.7 Å². The fourth-order valence-corrected chi connectivity index (χ4v) is 7.28. The van der Waals surface area contributed by atoms with Gasteiger partial charge in [-0.1, -0.05) is 189 Å². The molecule has 0 aliphatic heterocycles. The van der Waals surface area contributed by atoms with Gasteiger partial charge in [-0.25, -0.2) is 4.57 Å². The van der Waals surface area contributed by atoms with E-state index in [9.17, 15) is 28.9 Å². The third-order valence-corrected chi connectivity index (χ3v) is 11.3. The van der Waals surface area contributed by atoms with Gasteiger partial charge in [0, 0.05) is 19.3 Å². The first-order chi connectivity index (χ1) is 32.2. The van der Waals surface area contributed by atoms with Crippen molar-refractivity contribution >= 4 is 25.7 Å². The zero-order valence-electron chi connectivity index (χ0n) is 41.4. The molecule has 0 fully saturated rings. The van der Waals surface area contributed by atoms with Crippen molar-refractivity contribution in [3.05, 3.63) is 85.1 Å². The fourth-order valence-electron chi connectivity index (χ4n) is 6.50. The van der Waals surface area contributed by atoms with Crippen LogP contribution in [0.15, 0.2) is 85.1 Å². The van der Waals surface area contributed by atoms with Crippen LogP contribution in [0.3, 0.4) is 0 Å². The molecular weight excluding hydrogens is 856 g/mol. The predicted molar refractivity (Wildman–Crippen MR) is 270 cm³/mol. The molecule has 2 N–H and O–H groups in total. The third kappa shape index (κ3) is 45.8. The van der Waals surface area contributed by atoms with E-state index in [0.29, 0.717) is 19.3 Å². The van der Waals surface area contributed by atoms with Crippen LogP contribution in [0.2, 0.25) is 0 Å². The normalized spacial score (nSPS) is 14.2. The molecule has 0 radical (unpaired) electrons. The van der Waals surface area contributed by atoms with Gasteiger partial charge < -0.3 is 24.2 Å². The van der Waals surface area contributed by atoms with Crippen LogP contribution in [-0.2, 0) is 42.2 Å². The maximum atomic E-state index is 12.8. The summed E-state index contributed by atoms with van der Waals surface area (Å²) in [5.74, 6) is -1.59. The van der Waals surface area contributed by atoms with Crippen molar-refractivity contribution in [2.45, 2.75) is 213 Å². The fraction of sp³-hybridized carbons (Fsp3) is 0.685. The number of phosphoric ester groups is 1. The molecule has 12 heteroatoms. The Hall–Kier alpha value is -3.34. The molecule has 0 aliphatic carbocycles. The highest BCUT2D eigenvalue weighted by molar-refractivity contribution is 7.47. The Kier molecular flexibility index (Phi) is 45.7. The van der Waals surface area contributed by atoms with Crippen molar-refractivity contribution < 1.29 is 52.2 Å². The molecule has 66 heavy (non-hydrogen) atoms. The van der Waals surface area contributed by atoms with Gasteiger partial charge in [0.25, 0.3) is 0 Å². The van der Waals surface area contributed by atoms with E-state index in [1.165, 1.54) is 44.9 Å². The number of aliphatic hydroxyl groups is 1. The SMILES string of the molecule is CC/C=C\C/C=C\C/C=C\C/C=C\CCC(=O)OC(COC(=O)CCCCCCC/C=C\C/C=C\C/C=C\CC)COP(=O)(O)OCC(CO)OC(=O)CCCCCCCCCCCCC. The Bertz CT molecular complexity index is 1430. The Balaban J connectivity index is 4.86. The summed E-state index contributed by atoms with van der Waals surface area (Å²) in [4.78, 5) is 48.2. The number of ether oxygens (including phenoxy) is 3. The largest absolute Gasteiger partial charge is 0.472 e. The molecule has 0 aromatic rings. The van der Waals surface area contributed by atoms with Crippen LogP contribution in [0, 0.1) is 0 Å². The van der Waals surface area contributed by atoms with Gasteiger partial charge in [0.05, 0.1) is 19.8 Å². The van der Waals surface area contributed by atoms with Crippen molar-refractivity contribution in [1.82, 2.24) is 0 Å². The van der Waals surface area contributed by atoms with Gasteiger partial charge in [0.15, 0.2) is 6.10 Å². The summed E-state index contributed by atoms with van der Waals surface area (Å²) in [6.07, 6.45) is 52.9. The number of unbranched alkanes of at least 4 members (excludes halogenated alkanes) is 15. The number of aliphatic hydroxyl groups excluding tert-OH is 1. The number of allylic oxidation sites excluding steroid dienone is 14. The molecule has 0 heterocycles. The minimum Gasteiger partial charge on any atom is -0.462 e. The summed E-state index contributed by atoms with van der Waals surface area (Å²) >= 11 is 0. The average molecular weight is 947 g/mol. The van der Waals surface area contributed by atoms with E-state index in [-0.39, 0.29) is 25.9 Å². The molecule has 0 rings (SSSR count). The predicted octanol–water partition coefficient (Wildman–Crippen LogP) is 14.4. The molecule has 0 saturated heterocycles. The summed E-state index contributed by atoms with van der Waals surface area (Å²) in [6, 6.07) is 0. The molecule has 0 aliphatic rings. The van der Waals surface area contributed by atoms with Gasteiger partial charge in [-0.3, -0.25) is 23.4 Å². The smallest absolute Gasteiger partial charge is 0.462 e. The van der Waals surface area contributed by atoms with Crippen LogP contribution in [0.4, 0.5) is 0 Å². The molecular formula is C54H91O11P. The number of phosphoric acid groups is 1. The maximum absolute atomic E-state index is 12.8.